The minimum atomic E-state index is 0.425. The number of hydrazone groups is 1. The summed E-state index contributed by atoms with van der Waals surface area (Å²) in [7, 11) is 0. The van der Waals surface area contributed by atoms with Crippen LogP contribution in [0.5, 0.6) is 0 Å². The van der Waals surface area contributed by atoms with Gasteiger partial charge in [-0.15, -0.1) is 0 Å². The average molecular weight is 217 g/mol. The summed E-state index contributed by atoms with van der Waals surface area (Å²) in [6.45, 7) is 6.33. The summed E-state index contributed by atoms with van der Waals surface area (Å²) in [5.74, 6) is 0.494. The first-order chi connectivity index (χ1) is 7.79. The van der Waals surface area contributed by atoms with E-state index in [0.717, 1.165) is 25.9 Å². The van der Waals surface area contributed by atoms with Crippen LogP contribution < -0.4 is 5.32 Å². The first kappa shape index (κ1) is 11.2. The van der Waals surface area contributed by atoms with Crippen molar-refractivity contribution >= 4 is 6.21 Å². The van der Waals surface area contributed by atoms with Gasteiger partial charge in [0.2, 0.25) is 0 Å². The number of nitrogens with one attached hydrogen (secondary N) is 1. The molecule has 0 bridgehead atoms. The minimum Gasteiger partial charge on any atom is -0.312 e. The van der Waals surface area contributed by atoms with Crippen LogP contribution in [0.25, 0.3) is 0 Å². The van der Waals surface area contributed by atoms with Gasteiger partial charge in [-0.1, -0.05) is 12.7 Å². The largest absolute Gasteiger partial charge is 0.312 e. The molecule has 2 rings (SSSR count). The smallest absolute Gasteiger partial charge is 0.0901 e. The molecule has 0 aromatic rings. The van der Waals surface area contributed by atoms with Gasteiger partial charge >= 0.3 is 0 Å². The van der Waals surface area contributed by atoms with Crippen molar-refractivity contribution in [2.45, 2.75) is 32.7 Å². The molecule has 0 aromatic heterocycles. The van der Waals surface area contributed by atoms with Crippen molar-refractivity contribution in [1.29, 1.82) is 0 Å². The highest BCUT2D eigenvalue weighted by Gasteiger charge is 2.21. The van der Waals surface area contributed by atoms with E-state index in [1.807, 2.05) is 12.3 Å². The van der Waals surface area contributed by atoms with Crippen molar-refractivity contribution in [2.24, 2.45) is 11.0 Å². The summed E-state index contributed by atoms with van der Waals surface area (Å²) >= 11 is 0. The monoisotopic (exact) mass is 217 g/mol. The second kappa shape index (κ2) is 5.18. The highest BCUT2D eigenvalue weighted by atomic mass is 15.5. The van der Waals surface area contributed by atoms with Gasteiger partial charge in [-0.3, -0.25) is 5.01 Å². The molecule has 1 aliphatic heterocycles. The number of hydrogen-bond acceptors (Lipinski definition) is 3. The van der Waals surface area contributed by atoms with Crippen LogP contribution in [0, 0.1) is 5.92 Å². The molecule has 1 aliphatic carbocycles. The molecule has 86 valence electrons. The van der Waals surface area contributed by atoms with Gasteiger partial charge in [-0.05, 0) is 38.1 Å². The van der Waals surface area contributed by atoms with E-state index in [1.54, 1.807) is 0 Å². The second-order valence-corrected chi connectivity index (χ2v) is 4.48. The number of allylic oxidation sites excluding steroid dienone is 2. The van der Waals surface area contributed by atoms with E-state index in [2.05, 4.69) is 40.7 Å². The Morgan fingerprint density at radius 3 is 3.19 bits per heavy atom. The van der Waals surface area contributed by atoms with Crippen LogP contribution in [0.1, 0.15) is 26.7 Å². The van der Waals surface area contributed by atoms with Crippen LogP contribution in [0.4, 0.5) is 0 Å². The number of hydrogen-bond donors (Lipinski definition) is 1. The topological polar surface area (TPSA) is 27.6 Å². The molecular weight excluding hydrogens is 198 g/mol. The molecule has 0 fully saturated rings. The van der Waals surface area contributed by atoms with Crippen LogP contribution in [0.3, 0.4) is 0 Å². The van der Waals surface area contributed by atoms with Gasteiger partial charge in [-0.2, -0.15) is 5.10 Å². The van der Waals surface area contributed by atoms with E-state index in [9.17, 15) is 0 Å². The molecule has 2 unspecified atom stereocenters. The molecule has 0 saturated carbocycles. The lowest BCUT2D eigenvalue weighted by atomic mass is 10.00. The summed E-state index contributed by atoms with van der Waals surface area (Å²) < 4.78 is 0. The fourth-order valence-electron chi connectivity index (χ4n) is 2.02. The Morgan fingerprint density at radius 2 is 2.38 bits per heavy atom. The Labute approximate surface area is 97.2 Å². The van der Waals surface area contributed by atoms with Crippen molar-refractivity contribution in [3.05, 3.63) is 23.2 Å². The van der Waals surface area contributed by atoms with Gasteiger partial charge in [0.25, 0.3) is 0 Å². The summed E-state index contributed by atoms with van der Waals surface area (Å²) in [4.78, 5) is 0. The highest BCUT2D eigenvalue weighted by molar-refractivity contribution is 5.59. The van der Waals surface area contributed by atoms with Crippen LogP contribution >= 0.6 is 0 Å². The molecule has 0 amide bonds. The van der Waals surface area contributed by atoms with Gasteiger partial charge in [-0.25, -0.2) is 0 Å². The Bertz CT molecular complexity index is 371. The Balaban J connectivity index is 2.26. The Hall–Kier alpha value is -1.27. The fourth-order valence-corrected chi connectivity index (χ4v) is 2.02. The quantitative estimate of drug-likeness (QED) is 0.679. The van der Waals surface area contributed by atoms with E-state index in [-0.39, 0.29) is 0 Å². The third-order valence-corrected chi connectivity index (χ3v) is 3.09. The maximum absolute atomic E-state index is 4.53. The lowest BCUT2D eigenvalue weighted by Crippen LogP contribution is -2.36. The van der Waals surface area contributed by atoms with Crippen molar-refractivity contribution in [2.75, 3.05) is 13.1 Å². The van der Waals surface area contributed by atoms with Crippen molar-refractivity contribution in [1.82, 2.24) is 10.3 Å². The molecule has 3 heteroatoms. The van der Waals surface area contributed by atoms with Gasteiger partial charge < -0.3 is 5.32 Å². The number of nitrogens with zero attached hydrogens (tertiary/aromatic N) is 2. The van der Waals surface area contributed by atoms with Crippen LogP contribution in [-0.4, -0.2) is 30.4 Å². The second-order valence-electron chi connectivity index (χ2n) is 4.48. The lowest BCUT2D eigenvalue weighted by molar-refractivity contribution is 0.237. The standard InChI is InChI=1S/C13H19N3/c1-11-5-3-4-6-13(11)16-12(2)7-8-14-9-10-15-16/h3,10-12,14H,5,7-9H2,1-2H3. The fraction of sp³-hybridized carbons (Fsp3) is 0.615. The molecule has 0 saturated heterocycles. The van der Waals surface area contributed by atoms with Crippen LogP contribution in [0.2, 0.25) is 0 Å². The minimum absolute atomic E-state index is 0.425. The van der Waals surface area contributed by atoms with E-state index in [4.69, 9.17) is 0 Å². The summed E-state index contributed by atoms with van der Waals surface area (Å²) in [5, 5.41) is 9.97. The molecule has 3 nitrogen and oxygen atoms in total. The summed E-state index contributed by atoms with van der Waals surface area (Å²) in [6, 6.07) is 0.425. The van der Waals surface area contributed by atoms with E-state index < -0.39 is 0 Å². The third-order valence-electron chi connectivity index (χ3n) is 3.09. The van der Waals surface area contributed by atoms with Crippen molar-refractivity contribution in [3.8, 4) is 0 Å². The molecule has 0 spiro atoms. The first-order valence-corrected chi connectivity index (χ1v) is 6.01. The Kier molecular flexibility index (Phi) is 3.63. The highest BCUT2D eigenvalue weighted by Crippen LogP contribution is 2.24. The van der Waals surface area contributed by atoms with E-state index >= 15 is 0 Å². The van der Waals surface area contributed by atoms with Crippen LogP contribution in [-0.2, 0) is 0 Å². The molecule has 2 atom stereocenters. The molecule has 0 radical (unpaired) electrons. The lowest BCUT2D eigenvalue weighted by Gasteiger charge is -2.31. The molecule has 16 heavy (non-hydrogen) atoms. The predicted molar refractivity (Wildman–Crippen MR) is 66.2 cm³/mol. The summed E-state index contributed by atoms with van der Waals surface area (Å²) in [6.07, 6.45) is 6.14. The maximum atomic E-state index is 4.53. The average Bonchev–Trinajstić information content (AvgIpc) is 2.26. The van der Waals surface area contributed by atoms with Gasteiger partial charge in [0.1, 0.15) is 0 Å². The zero-order chi connectivity index (χ0) is 11.4. The normalized spacial score (nSPS) is 29.9. The zero-order valence-corrected chi connectivity index (χ0v) is 10.0. The van der Waals surface area contributed by atoms with E-state index in [1.165, 1.54) is 5.70 Å². The molecule has 2 aliphatic rings. The SMILES string of the molecule is CC1CC=C=C=C1N1N=CCNCCC1C. The third kappa shape index (κ3) is 2.45. The van der Waals surface area contributed by atoms with Gasteiger partial charge in [0, 0.05) is 18.7 Å². The first-order valence-electron chi connectivity index (χ1n) is 6.01. The molecule has 0 aromatic carbocycles. The zero-order valence-electron chi connectivity index (χ0n) is 10.0. The maximum Gasteiger partial charge on any atom is 0.0901 e. The summed E-state index contributed by atoms with van der Waals surface area (Å²) in [5.41, 5.74) is 7.47. The number of rotatable bonds is 1. The van der Waals surface area contributed by atoms with Gasteiger partial charge in [0.15, 0.2) is 0 Å². The predicted octanol–water partition coefficient (Wildman–Crippen LogP) is 1.89. The van der Waals surface area contributed by atoms with Crippen molar-refractivity contribution < 1.29 is 0 Å². The van der Waals surface area contributed by atoms with Crippen LogP contribution in [0.15, 0.2) is 28.3 Å². The van der Waals surface area contributed by atoms with Gasteiger partial charge in [0.05, 0.1) is 11.7 Å². The van der Waals surface area contributed by atoms with E-state index in [0.29, 0.717) is 12.0 Å². The molecular formula is C13H19N3. The molecule has 1 heterocycles. The van der Waals surface area contributed by atoms with Crippen molar-refractivity contribution in [3.63, 3.8) is 0 Å². The Morgan fingerprint density at radius 1 is 1.50 bits per heavy atom. The molecule has 1 N–H and O–H groups in total.